The fraction of sp³-hybridized carbons (Fsp3) is 0.263. The summed E-state index contributed by atoms with van der Waals surface area (Å²) in [5.41, 5.74) is -0.0982. The molecule has 2 heterocycles. The maximum atomic E-state index is 13.0. The van der Waals surface area contributed by atoms with Crippen LogP contribution in [0.1, 0.15) is 19.3 Å². The van der Waals surface area contributed by atoms with Gasteiger partial charge >= 0.3 is 11.7 Å². The minimum absolute atomic E-state index is 0.0553. The second-order valence-electron chi connectivity index (χ2n) is 7.13. The van der Waals surface area contributed by atoms with Gasteiger partial charge in [-0.25, -0.2) is 17.4 Å². The molecule has 1 saturated carbocycles. The molecule has 0 amide bonds. The van der Waals surface area contributed by atoms with E-state index in [1.807, 2.05) is 0 Å². The Morgan fingerprint density at radius 3 is 2.60 bits per heavy atom. The number of rotatable bonds is 6. The predicted octanol–water partition coefficient (Wildman–Crippen LogP) is 2.85. The van der Waals surface area contributed by atoms with Gasteiger partial charge in [0.1, 0.15) is 11.9 Å². The van der Waals surface area contributed by atoms with Gasteiger partial charge in [0, 0.05) is 12.2 Å². The third-order valence-corrected chi connectivity index (χ3v) is 6.97. The van der Waals surface area contributed by atoms with Gasteiger partial charge < -0.3 is 10.4 Å². The first-order valence-corrected chi connectivity index (χ1v) is 10.7. The zero-order valence-electron chi connectivity index (χ0n) is 15.6. The average molecular weight is 430 g/mol. The molecule has 0 bridgehead atoms. The normalized spacial score (nSPS) is 19.1. The molecule has 4 rings (SSSR count). The molecule has 1 fully saturated rings. The molecule has 11 heteroatoms. The fourth-order valence-corrected chi connectivity index (χ4v) is 5.11. The largest absolute Gasteiger partial charge is 0.481 e. The number of carboxylic acids is 1. The molecule has 0 saturated heterocycles. The number of benzene rings is 1. The van der Waals surface area contributed by atoms with Crippen molar-refractivity contribution in [2.24, 2.45) is 5.92 Å². The van der Waals surface area contributed by atoms with E-state index in [1.54, 1.807) is 18.2 Å². The molecule has 1 aromatic carbocycles. The van der Waals surface area contributed by atoms with E-state index in [0.29, 0.717) is 19.3 Å². The number of carboxylic acid groups (broad SMARTS) is 1. The zero-order valence-corrected chi connectivity index (χ0v) is 16.4. The Bertz CT molecular complexity index is 1240. The summed E-state index contributed by atoms with van der Waals surface area (Å²) in [5.74, 6) is -1.41. The topological polar surface area (TPSA) is 144 Å². The van der Waals surface area contributed by atoms with Crippen LogP contribution in [-0.2, 0) is 14.8 Å². The van der Waals surface area contributed by atoms with Crippen LogP contribution >= 0.6 is 0 Å². The summed E-state index contributed by atoms with van der Waals surface area (Å²) in [6, 6.07) is 8.99. The second kappa shape index (κ2) is 7.41. The Balaban J connectivity index is 1.79. The lowest BCUT2D eigenvalue weighted by Crippen LogP contribution is -2.19. The highest BCUT2D eigenvalue weighted by Gasteiger charge is 2.32. The lowest BCUT2D eigenvalue weighted by atomic mass is 10.1. The number of nitrogens with one attached hydrogen (secondary N) is 1. The van der Waals surface area contributed by atoms with Crippen LogP contribution in [0.3, 0.4) is 0 Å². The van der Waals surface area contributed by atoms with E-state index in [9.17, 15) is 28.4 Å². The molecule has 2 aromatic heterocycles. The van der Waals surface area contributed by atoms with E-state index < -0.39 is 26.8 Å². The number of carbonyl (C=O) groups is 1. The van der Waals surface area contributed by atoms with Gasteiger partial charge in [-0.1, -0.05) is 18.2 Å². The van der Waals surface area contributed by atoms with E-state index in [0.717, 1.165) is 10.2 Å². The molecule has 30 heavy (non-hydrogen) atoms. The average Bonchev–Trinajstić information content (AvgIpc) is 3.36. The first kappa shape index (κ1) is 19.8. The molecular weight excluding hydrogens is 412 g/mol. The number of fused-ring (bicyclic) bond motifs is 1. The van der Waals surface area contributed by atoms with Crippen molar-refractivity contribution in [3.63, 3.8) is 0 Å². The van der Waals surface area contributed by atoms with Crippen LogP contribution in [0.5, 0.6) is 0 Å². The molecule has 2 N–H and O–H groups in total. The molecule has 0 aliphatic heterocycles. The van der Waals surface area contributed by atoms with Gasteiger partial charge in [-0.3, -0.25) is 14.9 Å². The van der Waals surface area contributed by atoms with Crippen LogP contribution in [0.25, 0.3) is 11.0 Å². The van der Waals surface area contributed by atoms with E-state index in [2.05, 4.69) is 10.3 Å². The number of aliphatic carboxylic acids is 1. The van der Waals surface area contributed by atoms with Crippen LogP contribution in [0.15, 0.2) is 53.7 Å². The second-order valence-corrected chi connectivity index (χ2v) is 8.95. The van der Waals surface area contributed by atoms with Crippen molar-refractivity contribution in [1.82, 2.24) is 8.96 Å². The van der Waals surface area contributed by atoms with Crippen LogP contribution in [-0.4, -0.2) is 39.4 Å². The minimum Gasteiger partial charge on any atom is -0.481 e. The van der Waals surface area contributed by atoms with Gasteiger partial charge in [0.05, 0.1) is 21.1 Å². The molecule has 0 radical (unpaired) electrons. The predicted molar refractivity (Wildman–Crippen MR) is 108 cm³/mol. The van der Waals surface area contributed by atoms with Crippen molar-refractivity contribution >= 4 is 38.4 Å². The standard InChI is InChI=1S/C19H18N4O6S/c24-19(25)12-6-7-13(10-12)21-17-15-8-9-22(18(15)20-11-16(17)23(26)27)30(28,29)14-4-2-1-3-5-14/h1-5,8-9,11-13H,6-7,10H2,(H,20,21)(H,24,25)/t12-,13+/m1/s1. The Kier molecular flexibility index (Phi) is 4.90. The molecule has 10 nitrogen and oxygen atoms in total. The van der Waals surface area contributed by atoms with Crippen LogP contribution in [0, 0.1) is 16.0 Å². The Labute approximate surface area is 171 Å². The van der Waals surface area contributed by atoms with Gasteiger partial charge in [-0.05, 0) is 37.5 Å². The first-order valence-electron chi connectivity index (χ1n) is 9.23. The van der Waals surface area contributed by atoms with E-state index >= 15 is 0 Å². The molecule has 1 aliphatic rings. The number of hydrogen-bond donors (Lipinski definition) is 2. The summed E-state index contributed by atoms with van der Waals surface area (Å²) in [4.78, 5) is 26.3. The van der Waals surface area contributed by atoms with Gasteiger partial charge in [-0.15, -0.1) is 0 Å². The number of anilines is 1. The molecular formula is C19H18N4O6S. The van der Waals surface area contributed by atoms with Crippen LogP contribution in [0.4, 0.5) is 11.4 Å². The van der Waals surface area contributed by atoms with Crippen LogP contribution in [0.2, 0.25) is 0 Å². The van der Waals surface area contributed by atoms with E-state index in [1.165, 1.54) is 24.4 Å². The lowest BCUT2D eigenvalue weighted by molar-refractivity contribution is -0.384. The van der Waals surface area contributed by atoms with Crippen molar-refractivity contribution in [1.29, 1.82) is 0 Å². The van der Waals surface area contributed by atoms with Crippen molar-refractivity contribution in [2.75, 3.05) is 5.32 Å². The van der Waals surface area contributed by atoms with Crippen molar-refractivity contribution in [3.05, 3.63) is 58.9 Å². The third kappa shape index (κ3) is 3.36. The maximum Gasteiger partial charge on any atom is 0.311 e. The molecule has 0 spiro atoms. The van der Waals surface area contributed by atoms with E-state index in [4.69, 9.17) is 0 Å². The number of hydrogen-bond acceptors (Lipinski definition) is 7. The van der Waals surface area contributed by atoms with Crippen molar-refractivity contribution in [2.45, 2.75) is 30.2 Å². The summed E-state index contributed by atoms with van der Waals surface area (Å²) >= 11 is 0. The molecule has 2 atom stereocenters. The van der Waals surface area contributed by atoms with Crippen molar-refractivity contribution < 1.29 is 23.2 Å². The molecule has 1 aliphatic carbocycles. The Morgan fingerprint density at radius 2 is 1.97 bits per heavy atom. The SMILES string of the molecule is O=C(O)[C@@H]1CC[C@H](Nc2c([N+](=O)[O-])cnc3c2ccn3S(=O)(=O)c2ccccc2)C1. The van der Waals surface area contributed by atoms with E-state index in [-0.39, 0.29) is 33.3 Å². The summed E-state index contributed by atoms with van der Waals surface area (Å²) in [5, 5.41) is 24.1. The summed E-state index contributed by atoms with van der Waals surface area (Å²) in [7, 11) is -3.94. The molecule has 156 valence electrons. The number of nitro groups is 1. The highest BCUT2D eigenvalue weighted by molar-refractivity contribution is 7.90. The van der Waals surface area contributed by atoms with Gasteiger partial charge in [0.25, 0.3) is 10.0 Å². The van der Waals surface area contributed by atoms with Gasteiger partial charge in [-0.2, -0.15) is 0 Å². The van der Waals surface area contributed by atoms with Crippen molar-refractivity contribution in [3.8, 4) is 0 Å². The minimum atomic E-state index is -3.94. The Hall–Kier alpha value is -3.47. The lowest BCUT2D eigenvalue weighted by Gasteiger charge is -2.15. The van der Waals surface area contributed by atoms with Crippen LogP contribution < -0.4 is 5.32 Å². The maximum absolute atomic E-state index is 13.0. The first-order chi connectivity index (χ1) is 14.3. The molecule has 3 aromatic rings. The van der Waals surface area contributed by atoms with Gasteiger partial charge in [0.15, 0.2) is 5.65 Å². The summed E-state index contributed by atoms with van der Waals surface area (Å²) < 4.78 is 27.0. The third-order valence-electron chi connectivity index (χ3n) is 5.29. The number of pyridine rings is 1. The number of aromatic nitrogens is 2. The summed E-state index contributed by atoms with van der Waals surface area (Å²) in [6.45, 7) is 0. The monoisotopic (exact) mass is 430 g/mol. The summed E-state index contributed by atoms with van der Waals surface area (Å²) in [6.07, 6.45) is 3.67. The van der Waals surface area contributed by atoms with Gasteiger partial charge in [0.2, 0.25) is 0 Å². The quantitative estimate of drug-likeness (QED) is 0.449. The highest BCUT2D eigenvalue weighted by Crippen LogP contribution is 2.37. The molecule has 0 unspecified atom stereocenters. The fourth-order valence-electron chi connectivity index (χ4n) is 3.78. The number of nitrogens with zero attached hydrogens (tertiary/aromatic N) is 3. The zero-order chi connectivity index (χ0) is 21.5. The smallest absolute Gasteiger partial charge is 0.311 e. The highest BCUT2D eigenvalue weighted by atomic mass is 32.2. The Morgan fingerprint density at radius 1 is 1.23 bits per heavy atom.